The zero-order valence-electron chi connectivity index (χ0n) is 17.7. The number of carbonyl (C=O) groups is 2. The monoisotopic (exact) mass is 380 g/mol. The van der Waals surface area contributed by atoms with Gasteiger partial charge in [-0.1, -0.05) is 61.0 Å². The predicted molar refractivity (Wildman–Crippen MR) is 114 cm³/mol. The molecule has 0 radical (unpaired) electrons. The third-order valence-electron chi connectivity index (χ3n) is 5.25. The van der Waals surface area contributed by atoms with Crippen LogP contribution in [0.3, 0.4) is 0 Å². The number of hydrogen-bond acceptors (Lipinski definition) is 2. The highest BCUT2D eigenvalue weighted by Gasteiger charge is 2.27. The highest BCUT2D eigenvalue weighted by atomic mass is 16.2. The van der Waals surface area contributed by atoms with Crippen molar-refractivity contribution in [1.82, 2.24) is 10.2 Å². The zero-order chi connectivity index (χ0) is 20.7. The lowest BCUT2D eigenvalue weighted by atomic mass is 10.0. The van der Waals surface area contributed by atoms with E-state index in [1.807, 2.05) is 83.1 Å². The molecule has 0 fully saturated rings. The second-order valence-electron chi connectivity index (χ2n) is 7.60. The number of nitrogens with zero attached hydrogens (tertiary/aromatic N) is 1. The molecular formula is C24H32N2O2. The molecule has 150 valence electrons. The molecule has 0 spiro atoms. The van der Waals surface area contributed by atoms with E-state index in [1.165, 1.54) is 0 Å². The first kappa shape index (κ1) is 21.7. The molecule has 0 aromatic heterocycles. The van der Waals surface area contributed by atoms with Crippen molar-refractivity contribution in [3.05, 3.63) is 70.8 Å². The Labute approximate surface area is 169 Å². The van der Waals surface area contributed by atoms with E-state index in [-0.39, 0.29) is 24.3 Å². The van der Waals surface area contributed by atoms with Crippen LogP contribution in [0.1, 0.15) is 49.4 Å². The number of nitrogens with one attached hydrogen (secondary N) is 1. The fourth-order valence-electron chi connectivity index (χ4n) is 3.00. The van der Waals surface area contributed by atoms with Crippen molar-refractivity contribution in [2.45, 2.75) is 66.1 Å². The molecule has 2 amide bonds. The van der Waals surface area contributed by atoms with Gasteiger partial charge in [-0.05, 0) is 50.8 Å². The second kappa shape index (κ2) is 10.1. The first-order chi connectivity index (χ1) is 13.3. The summed E-state index contributed by atoms with van der Waals surface area (Å²) in [6.07, 6.45) is 1.14. The smallest absolute Gasteiger partial charge is 0.242 e. The van der Waals surface area contributed by atoms with Crippen LogP contribution < -0.4 is 5.32 Å². The molecule has 4 heteroatoms. The van der Waals surface area contributed by atoms with E-state index in [0.717, 1.165) is 28.7 Å². The van der Waals surface area contributed by atoms with E-state index >= 15 is 0 Å². The lowest BCUT2D eigenvalue weighted by Crippen LogP contribution is -2.50. The Hall–Kier alpha value is -2.62. The van der Waals surface area contributed by atoms with Crippen molar-refractivity contribution in [3.8, 4) is 0 Å². The molecule has 4 nitrogen and oxygen atoms in total. The average Bonchev–Trinajstić information content (AvgIpc) is 2.68. The quantitative estimate of drug-likeness (QED) is 0.747. The van der Waals surface area contributed by atoms with Gasteiger partial charge in [0.05, 0.1) is 6.42 Å². The van der Waals surface area contributed by atoms with Crippen LogP contribution >= 0.6 is 0 Å². The summed E-state index contributed by atoms with van der Waals surface area (Å²) in [5, 5.41) is 3.00. The first-order valence-electron chi connectivity index (χ1n) is 10.0. The van der Waals surface area contributed by atoms with Crippen LogP contribution in [0.15, 0.2) is 48.5 Å². The Morgan fingerprint density at radius 3 is 2.25 bits per heavy atom. The summed E-state index contributed by atoms with van der Waals surface area (Å²) < 4.78 is 0. The Kier molecular flexibility index (Phi) is 7.80. The van der Waals surface area contributed by atoms with Crippen molar-refractivity contribution >= 4 is 11.8 Å². The van der Waals surface area contributed by atoms with Gasteiger partial charge in [0.1, 0.15) is 6.04 Å². The molecule has 2 unspecified atom stereocenters. The number of aryl methyl sites for hydroxylation is 2. The van der Waals surface area contributed by atoms with Gasteiger partial charge < -0.3 is 10.2 Å². The van der Waals surface area contributed by atoms with Crippen molar-refractivity contribution in [2.75, 3.05) is 0 Å². The van der Waals surface area contributed by atoms with Crippen molar-refractivity contribution < 1.29 is 9.59 Å². The Balaban J connectivity index is 2.23. The zero-order valence-corrected chi connectivity index (χ0v) is 17.7. The normalized spacial score (nSPS) is 12.9. The van der Waals surface area contributed by atoms with Crippen LogP contribution in [0, 0.1) is 13.8 Å². The molecule has 28 heavy (non-hydrogen) atoms. The lowest BCUT2D eigenvalue weighted by molar-refractivity contribution is -0.140. The third kappa shape index (κ3) is 5.95. The summed E-state index contributed by atoms with van der Waals surface area (Å²) in [7, 11) is 0. The van der Waals surface area contributed by atoms with Gasteiger partial charge in [-0.15, -0.1) is 0 Å². The summed E-state index contributed by atoms with van der Waals surface area (Å²) in [5.74, 6) is -0.154. The highest BCUT2D eigenvalue weighted by Crippen LogP contribution is 2.16. The van der Waals surface area contributed by atoms with Gasteiger partial charge >= 0.3 is 0 Å². The number of carbonyl (C=O) groups excluding carboxylic acids is 2. The van der Waals surface area contributed by atoms with Gasteiger partial charge in [-0.2, -0.15) is 0 Å². The predicted octanol–water partition coefficient (Wildman–Crippen LogP) is 4.18. The Morgan fingerprint density at radius 2 is 1.64 bits per heavy atom. The number of hydrogen-bond donors (Lipinski definition) is 1. The van der Waals surface area contributed by atoms with E-state index in [1.54, 1.807) is 4.90 Å². The molecule has 0 saturated heterocycles. The molecule has 0 saturated carbocycles. The minimum absolute atomic E-state index is 0.0427. The summed E-state index contributed by atoms with van der Waals surface area (Å²) >= 11 is 0. The van der Waals surface area contributed by atoms with Crippen molar-refractivity contribution in [3.63, 3.8) is 0 Å². The molecule has 2 aromatic rings. The van der Waals surface area contributed by atoms with E-state index in [4.69, 9.17) is 0 Å². The van der Waals surface area contributed by atoms with Gasteiger partial charge in [-0.3, -0.25) is 9.59 Å². The van der Waals surface area contributed by atoms with E-state index < -0.39 is 6.04 Å². The topological polar surface area (TPSA) is 49.4 Å². The van der Waals surface area contributed by atoms with E-state index in [9.17, 15) is 9.59 Å². The maximum Gasteiger partial charge on any atom is 0.242 e. The SMILES string of the molecule is CCC(C)NC(=O)C(C)N(Cc1ccccc1C)C(=O)Cc1ccc(C)cc1. The molecule has 0 bridgehead atoms. The molecule has 0 aliphatic carbocycles. The molecule has 2 atom stereocenters. The number of benzene rings is 2. The maximum absolute atomic E-state index is 13.2. The van der Waals surface area contributed by atoms with Crippen LogP contribution in [0.4, 0.5) is 0 Å². The van der Waals surface area contributed by atoms with Crippen LogP contribution in [0.5, 0.6) is 0 Å². The third-order valence-corrected chi connectivity index (χ3v) is 5.25. The maximum atomic E-state index is 13.2. The van der Waals surface area contributed by atoms with Crippen molar-refractivity contribution in [2.24, 2.45) is 0 Å². The lowest BCUT2D eigenvalue weighted by Gasteiger charge is -2.30. The van der Waals surface area contributed by atoms with Crippen LogP contribution in [-0.2, 0) is 22.6 Å². The molecule has 1 N–H and O–H groups in total. The minimum atomic E-state index is -0.536. The number of rotatable bonds is 8. The highest BCUT2D eigenvalue weighted by molar-refractivity contribution is 5.88. The molecule has 2 rings (SSSR count). The fraction of sp³-hybridized carbons (Fsp3) is 0.417. The van der Waals surface area contributed by atoms with Crippen molar-refractivity contribution in [1.29, 1.82) is 0 Å². The van der Waals surface area contributed by atoms with E-state index in [2.05, 4.69) is 5.32 Å². The summed E-state index contributed by atoms with van der Waals surface area (Å²) in [5.41, 5.74) is 4.29. The molecule has 0 heterocycles. The minimum Gasteiger partial charge on any atom is -0.352 e. The van der Waals surface area contributed by atoms with Gasteiger partial charge in [0.25, 0.3) is 0 Å². The van der Waals surface area contributed by atoms with Crippen LogP contribution in [-0.4, -0.2) is 28.8 Å². The summed E-state index contributed by atoms with van der Waals surface area (Å²) in [6, 6.07) is 15.5. The summed E-state index contributed by atoms with van der Waals surface area (Å²) in [6.45, 7) is 10.3. The summed E-state index contributed by atoms with van der Waals surface area (Å²) in [4.78, 5) is 27.6. The molecule has 0 aliphatic rings. The van der Waals surface area contributed by atoms with Crippen LogP contribution in [0.2, 0.25) is 0 Å². The number of amides is 2. The Morgan fingerprint density at radius 1 is 1.00 bits per heavy atom. The second-order valence-corrected chi connectivity index (χ2v) is 7.60. The largest absolute Gasteiger partial charge is 0.352 e. The van der Waals surface area contributed by atoms with Crippen LogP contribution in [0.25, 0.3) is 0 Å². The van der Waals surface area contributed by atoms with Gasteiger partial charge in [0.15, 0.2) is 0 Å². The van der Waals surface area contributed by atoms with Gasteiger partial charge in [-0.25, -0.2) is 0 Å². The molecule has 2 aromatic carbocycles. The average molecular weight is 381 g/mol. The van der Waals surface area contributed by atoms with Gasteiger partial charge in [0, 0.05) is 12.6 Å². The van der Waals surface area contributed by atoms with E-state index in [0.29, 0.717) is 6.54 Å². The molecular weight excluding hydrogens is 348 g/mol. The molecule has 0 aliphatic heterocycles. The van der Waals surface area contributed by atoms with Gasteiger partial charge in [0.2, 0.25) is 11.8 Å². The first-order valence-corrected chi connectivity index (χ1v) is 10.0. The Bertz CT molecular complexity index is 799. The standard InChI is InChI=1S/C24H32N2O2/c1-6-19(4)25-24(28)20(5)26(16-22-10-8-7-9-18(22)3)23(27)15-21-13-11-17(2)12-14-21/h7-14,19-20H,6,15-16H2,1-5H3,(H,25,28). The fourth-order valence-corrected chi connectivity index (χ4v) is 3.00.